The first-order valence-corrected chi connectivity index (χ1v) is 12.8. The van der Waals surface area contributed by atoms with E-state index in [0.29, 0.717) is 5.91 Å². The highest BCUT2D eigenvalue weighted by Crippen LogP contribution is 2.26. The maximum absolute atomic E-state index is 12.9. The van der Waals surface area contributed by atoms with E-state index < -0.39 is 0 Å². The third-order valence-electron chi connectivity index (χ3n) is 7.43. The molecule has 2 N–H and O–H groups in total. The lowest BCUT2D eigenvalue weighted by molar-refractivity contribution is -0.135. The lowest BCUT2D eigenvalue weighted by atomic mass is 9.88. The highest BCUT2D eigenvalue weighted by atomic mass is 16.2. The van der Waals surface area contributed by atoms with Gasteiger partial charge < -0.3 is 15.5 Å². The van der Waals surface area contributed by atoms with Gasteiger partial charge in [0.25, 0.3) is 0 Å². The molecule has 1 atom stereocenters. The first kappa shape index (κ1) is 23.1. The Morgan fingerprint density at radius 3 is 2.44 bits per heavy atom. The number of carbonyl (C=O) groups is 1. The summed E-state index contributed by atoms with van der Waals surface area (Å²) in [6, 6.07) is 9.02. The summed E-state index contributed by atoms with van der Waals surface area (Å²) in [5, 5.41) is 7.07. The number of rotatable bonds is 6. The Morgan fingerprint density at radius 2 is 1.69 bits per heavy atom. The molecule has 6 nitrogen and oxygen atoms in total. The Balaban J connectivity index is 1.26. The fourth-order valence-electron chi connectivity index (χ4n) is 5.50. The predicted molar refractivity (Wildman–Crippen MR) is 130 cm³/mol. The SMILES string of the molecule is CN=C(NCc1ccccc1CN1CCCCC1)NC1CCN(C(=O)C2CCCCC2)C1. The highest BCUT2D eigenvalue weighted by molar-refractivity contribution is 5.81. The molecule has 1 amide bonds. The lowest BCUT2D eigenvalue weighted by Crippen LogP contribution is -2.45. The fourth-order valence-corrected chi connectivity index (χ4v) is 5.50. The molecule has 2 saturated heterocycles. The summed E-state index contributed by atoms with van der Waals surface area (Å²) < 4.78 is 0. The molecule has 1 saturated carbocycles. The van der Waals surface area contributed by atoms with Crippen LogP contribution in [0.15, 0.2) is 29.3 Å². The zero-order chi connectivity index (χ0) is 22.2. The second kappa shape index (κ2) is 11.7. The van der Waals surface area contributed by atoms with E-state index in [1.165, 1.54) is 62.7 Å². The van der Waals surface area contributed by atoms with Crippen LogP contribution in [0.4, 0.5) is 0 Å². The molecule has 1 unspecified atom stereocenters. The molecule has 0 aromatic heterocycles. The van der Waals surface area contributed by atoms with E-state index in [0.717, 1.165) is 51.4 Å². The van der Waals surface area contributed by atoms with Gasteiger partial charge in [0.15, 0.2) is 5.96 Å². The fraction of sp³-hybridized carbons (Fsp3) is 0.692. The Bertz CT molecular complexity index is 767. The van der Waals surface area contributed by atoms with Crippen LogP contribution in [0.5, 0.6) is 0 Å². The van der Waals surface area contributed by atoms with Crippen molar-refractivity contribution in [3.8, 4) is 0 Å². The maximum atomic E-state index is 12.9. The molecule has 0 radical (unpaired) electrons. The molecule has 4 rings (SSSR count). The smallest absolute Gasteiger partial charge is 0.225 e. The molecular weight excluding hydrogens is 398 g/mol. The molecule has 3 fully saturated rings. The number of carbonyl (C=O) groups excluding carboxylic acids is 1. The van der Waals surface area contributed by atoms with Gasteiger partial charge in [-0.1, -0.05) is 49.9 Å². The van der Waals surface area contributed by atoms with Gasteiger partial charge in [0.2, 0.25) is 5.91 Å². The number of likely N-dealkylation sites (tertiary alicyclic amines) is 2. The molecule has 3 aliphatic rings. The van der Waals surface area contributed by atoms with Crippen molar-refractivity contribution in [1.82, 2.24) is 20.4 Å². The normalized spacial score (nSPS) is 23.3. The van der Waals surface area contributed by atoms with Gasteiger partial charge in [-0.2, -0.15) is 0 Å². The second-order valence-electron chi connectivity index (χ2n) is 9.78. The number of hydrogen-bond donors (Lipinski definition) is 2. The van der Waals surface area contributed by atoms with Gasteiger partial charge in [0, 0.05) is 45.2 Å². The lowest BCUT2D eigenvalue weighted by Gasteiger charge is -2.27. The first-order chi connectivity index (χ1) is 15.7. The standard InChI is InChI=1S/C26H41N5O/c1-27-26(29-24-14-17-31(20-24)25(32)21-10-4-2-5-11-21)28-18-22-12-6-7-13-23(22)19-30-15-8-3-9-16-30/h6-7,12-13,21,24H,2-5,8-11,14-20H2,1H3,(H2,27,28,29). The number of piperidine rings is 1. The molecular formula is C26H41N5O. The molecule has 0 spiro atoms. The summed E-state index contributed by atoms with van der Waals surface area (Å²) in [7, 11) is 1.83. The van der Waals surface area contributed by atoms with Crippen LogP contribution in [0.1, 0.15) is 68.9 Å². The van der Waals surface area contributed by atoms with E-state index >= 15 is 0 Å². The summed E-state index contributed by atoms with van der Waals surface area (Å²) in [5.41, 5.74) is 2.74. The Labute approximate surface area is 193 Å². The van der Waals surface area contributed by atoms with Crippen molar-refractivity contribution in [1.29, 1.82) is 0 Å². The minimum absolute atomic E-state index is 0.261. The maximum Gasteiger partial charge on any atom is 0.225 e. The van der Waals surface area contributed by atoms with Crippen molar-refractivity contribution in [2.24, 2.45) is 10.9 Å². The molecule has 0 bridgehead atoms. The van der Waals surface area contributed by atoms with Gasteiger partial charge in [0.05, 0.1) is 0 Å². The van der Waals surface area contributed by atoms with Crippen LogP contribution < -0.4 is 10.6 Å². The van der Waals surface area contributed by atoms with Crippen LogP contribution in [-0.2, 0) is 17.9 Å². The third kappa shape index (κ3) is 6.25. The zero-order valence-electron chi connectivity index (χ0n) is 19.8. The van der Waals surface area contributed by atoms with E-state index in [-0.39, 0.29) is 12.0 Å². The average molecular weight is 440 g/mol. The van der Waals surface area contributed by atoms with E-state index in [1.807, 2.05) is 7.05 Å². The van der Waals surface area contributed by atoms with Crippen molar-refractivity contribution in [3.05, 3.63) is 35.4 Å². The van der Waals surface area contributed by atoms with Crippen molar-refractivity contribution >= 4 is 11.9 Å². The van der Waals surface area contributed by atoms with E-state index in [1.54, 1.807) is 0 Å². The summed E-state index contributed by atoms with van der Waals surface area (Å²) in [4.78, 5) is 22.0. The number of aliphatic imine (C=N–C) groups is 1. The largest absolute Gasteiger partial charge is 0.352 e. The van der Waals surface area contributed by atoms with E-state index in [9.17, 15) is 4.79 Å². The Morgan fingerprint density at radius 1 is 0.969 bits per heavy atom. The van der Waals surface area contributed by atoms with Crippen molar-refractivity contribution < 1.29 is 4.79 Å². The summed E-state index contributed by atoms with van der Waals surface area (Å²) >= 11 is 0. The van der Waals surface area contributed by atoms with Crippen LogP contribution in [0.2, 0.25) is 0 Å². The van der Waals surface area contributed by atoms with Crippen LogP contribution >= 0.6 is 0 Å². The summed E-state index contributed by atoms with van der Waals surface area (Å²) in [6.45, 7) is 5.88. The first-order valence-electron chi connectivity index (χ1n) is 12.8. The topological polar surface area (TPSA) is 60.0 Å². The number of nitrogens with one attached hydrogen (secondary N) is 2. The van der Waals surface area contributed by atoms with Gasteiger partial charge in [-0.05, 0) is 56.3 Å². The number of guanidine groups is 1. The van der Waals surface area contributed by atoms with E-state index in [4.69, 9.17) is 0 Å². The molecule has 2 aliphatic heterocycles. The predicted octanol–water partition coefficient (Wildman–Crippen LogP) is 3.52. The molecule has 6 heteroatoms. The number of hydrogen-bond acceptors (Lipinski definition) is 3. The zero-order valence-corrected chi connectivity index (χ0v) is 19.8. The summed E-state index contributed by atoms with van der Waals surface area (Å²) in [6.07, 6.45) is 10.9. The van der Waals surface area contributed by atoms with Crippen LogP contribution in [0.3, 0.4) is 0 Å². The molecule has 1 aromatic rings. The molecule has 176 valence electrons. The average Bonchev–Trinajstić information content (AvgIpc) is 3.32. The van der Waals surface area contributed by atoms with Gasteiger partial charge in [-0.25, -0.2) is 0 Å². The molecule has 1 aromatic carbocycles. The van der Waals surface area contributed by atoms with Gasteiger partial charge in [0.1, 0.15) is 0 Å². The molecule has 1 aliphatic carbocycles. The monoisotopic (exact) mass is 439 g/mol. The number of nitrogens with zero attached hydrogens (tertiary/aromatic N) is 3. The quantitative estimate of drug-likeness (QED) is 0.526. The van der Waals surface area contributed by atoms with Crippen molar-refractivity contribution in [3.63, 3.8) is 0 Å². The van der Waals surface area contributed by atoms with E-state index in [2.05, 4.69) is 49.7 Å². The third-order valence-corrected chi connectivity index (χ3v) is 7.43. The van der Waals surface area contributed by atoms with Crippen molar-refractivity contribution in [2.45, 2.75) is 76.9 Å². The minimum atomic E-state index is 0.261. The van der Waals surface area contributed by atoms with Gasteiger partial charge in [-0.15, -0.1) is 0 Å². The number of benzene rings is 1. The summed E-state index contributed by atoms with van der Waals surface area (Å²) in [5.74, 6) is 1.47. The number of amides is 1. The van der Waals surface area contributed by atoms with Crippen LogP contribution in [0, 0.1) is 5.92 Å². The second-order valence-corrected chi connectivity index (χ2v) is 9.78. The minimum Gasteiger partial charge on any atom is -0.352 e. The van der Waals surface area contributed by atoms with Crippen LogP contribution in [0.25, 0.3) is 0 Å². The Kier molecular flexibility index (Phi) is 8.43. The van der Waals surface area contributed by atoms with Crippen LogP contribution in [-0.4, -0.2) is 60.9 Å². The van der Waals surface area contributed by atoms with Gasteiger partial charge in [-0.3, -0.25) is 14.7 Å². The highest BCUT2D eigenvalue weighted by Gasteiger charge is 2.31. The van der Waals surface area contributed by atoms with Crippen molar-refractivity contribution in [2.75, 3.05) is 33.2 Å². The Hall–Kier alpha value is -2.08. The molecule has 32 heavy (non-hydrogen) atoms. The molecule has 2 heterocycles. The van der Waals surface area contributed by atoms with Gasteiger partial charge >= 0.3 is 0 Å².